The number of fused-ring (bicyclic) bond motifs is 2. The monoisotopic (exact) mass is 360 g/mol. The van der Waals surface area contributed by atoms with E-state index in [0.717, 1.165) is 40.6 Å². The number of anilines is 1. The Balaban J connectivity index is 1.61. The van der Waals surface area contributed by atoms with E-state index in [0.29, 0.717) is 17.0 Å². The first kappa shape index (κ1) is 16.0. The molecular weight excluding hydrogens is 340 g/mol. The summed E-state index contributed by atoms with van der Waals surface area (Å²) in [6.45, 7) is 4.00. The van der Waals surface area contributed by atoms with Gasteiger partial charge in [-0.15, -0.1) is 0 Å². The van der Waals surface area contributed by atoms with Gasteiger partial charge in [0.25, 0.3) is 0 Å². The maximum Gasteiger partial charge on any atom is 0.165 e. The average Bonchev–Trinajstić information content (AvgIpc) is 3.33. The molecule has 0 unspecified atom stereocenters. The lowest BCUT2D eigenvalue weighted by molar-refractivity contribution is 0.473. The van der Waals surface area contributed by atoms with Crippen molar-refractivity contribution in [3.8, 4) is 17.1 Å². The summed E-state index contributed by atoms with van der Waals surface area (Å²) in [4.78, 5) is 16.0. The number of phenolic OH excluding ortho intramolecular Hbond substituents is 1. The van der Waals surface area contributed by atoms with Gasteiger partial charge in [-0.3, -0.25) is 4.68 Å². The molecule has 1 aliphatic rings. The minimum atomic E-state index is 0.161. The summed E-state index contributed by atoms with van der Waals surface area (Å²) in [5.41, 5.74) is 3.86. The molecule has 0 saturated carbocycles. The van der Waals surface area contributed by atoms with Crippen molar-refractivity contribution in [2.24, 2.45) is 7.05 Å². The number of phenols is 1. The lowest BCUT2D eigenvalue weighted by atomic mass is 10.1. The maximum atomic E-state index is 10.7. The molecule has 1 aliphatic heterocycles. The van der Waals surface area contributed by atoms with E-state index in [1.165, 1.54) is 12.8 Å². The van der Waals surface area contributed by atoms with Gasteiger partial charge in [-0.05, 0) is 31.9 Å². The molecule has 0 radical (unpaired) electrons. The summed E-state index contributed by atoms with van der Waals surface area (Å²) in [6.07, 6.45) is 8.03. The van der Waals surface area contributed by atoms with Crippen LogP contribution in [0.25, 0.3) is 33.3 Å². The van der Waals surface area contributed by atoms with Crippen molar-refractivity contribution in [1.29, 1.82) is 0 Å². The topological polar surface area (TPSA) is 80.0 Å². The van der Waals surface area contributed by atoms with Crippen LogP contribution >= 0.6 is 0 Å². The van der Waals surface area contributed by atoms with Crippen LogP contribution in [0.15, 0.2) is 30.7 Å². The predicted octanol–water partition coefficient (Wildman–Crippen LogP) is 3.19. The van der Waals surface area contributed by atoms with Crippen LogP contribution < -0.4 is 4.90 Å². The molecule has 4 aromatic rings. The van der Waals surface area contributed by atoms with E-state index in [2.05, 4.69) is 31.0 Å². The number of benzene rings is 1. The van der Waals surface area contributed by atoms with Crippen LogP contribution in [0, 0.1) is 6.92 Å². The van der Waals surface area contributed by atoms with Crippen LogP contribution in [0.4, 0.5) is 5.69 Å². The quantitative estimate of drug-likeness (QED) is 0.591. The van der Waals surface area contributed by atoms with Crippen molar-refractivity contribution in [3.63, 3.8) is 0 Å². The van der Waals surface area contributed by atoms with Crippen molar-refractivity contribution < 1.29 is 5.11 Å². The smallest absolute Gasteiger partial charge is 0.165 e. The van der Waals surface area contributed by atoms with E-state index in [9.17, 15) is 5.11 Å². The van der Waals surface area contributed by atoms with Crippen LogP contribution in [0.5, 0.6) is 5.75 Å². The van der Waals surface area contributed by atoms with Gasteiger partial charge in [0.15, 0.2) is 11.5 Å². The SMILES string of the molecule is Cc1c(O)c(-c2ncc3cc(N4CCCC4)cnc3n2)cc2cn(C)nc12. The van der Waals surface area contributed by atoms with Crippen LogP contribution in [-0.2, 0) is 7.05 Å². The predicted molar refractivity (Wildman–Crippen MR) is 105 cm³/mol. The molecule has 1 fully saturated rings. The number of aryl methyl sites for hydroxylation is 2. The molecule has 27 heavy (non-hydrogen) atoms. The van der Waals surface area contributed by atoms with Gasteiger partial charge in [-0.25, -0.2) is 15.0 Å². The number of aromatic hydroxyl groups is 1. The van der Waals surface area contributed by atoms with Gasteiger partial charge < -0.3 is 10.0 Å². The molecule has 0 atom stereocenters. The van der Waals surface area contributed by atoms with Crippen molar-refractivity contribution in [1.82, 2.24) is 24.7 Å². The molecular formula is C20H20N6O. The van der Waals surface area contributed by atoms with Gasteiger partial charge in [0.05, 0.1) is 23.0 Å². The Bertz CT molecular complexity index is 1180. The van der Waals surface area contributed by atoms with Crippen LogP contribution in [0.2, 0.25) is 0 Å². The third kappa shape index (κ3) is 2.58. The molecule has 4 heterocycles. The van der Waals surface area contributed by atoms with Gasteiger partial charge in [-0.2, -0.15) is 5.10 Å². The highest BCUT2D eigenvalue weighted by Crippen LogP contribution is 2.35. The van der Waals surface area contributed by atoms with Gasteiger partial charge in [-0.1, -0.05) is 0 Å². The molecule has 0 bridgehead atoms. The summed E-state index contributed by atoms with van der Waals surface area (Å²) in [5.74, 6) is 0.629. The molecule has 7 nitrogen and oxygen atoms in total. The Kier molecular flexibility index (Phi) is 3.50. The van der Waals surface area contributed by atoms with E-state index in [1.54, 1.807) is 10.9 Å². The zero-order valence-electron chi connectivity index (χ0n) is 15.3. The number of rotatable bonds is 2. The fourth-order valence-electron chi connectivity index (χ4n) is 3.80. The number of hydrogen-bond donors (Lipinski definition) is 1. The highest BCUT2D eigenvalue weighted by Gasteiger charge is 2.17. The van der Waals surface area contributed by atoms with Crippen LogP contribution in [0.1, 0.15) is 18.4 Å². The first-order chi connectivity index (χ1) is 13.1. The zero-order valence-corrected chi connectivity index (χ0v) is 15.3. The number of nitrogens with zero attached hydrogens (tertiary/aromatic N) is 6. The maximum absolute atomic E-state index is 10.7. The van der Waals surface area contributed by atoms with Crippen molar-refractivity contribution in [2.75, 3.05) is 18.0 Å². The molecule has 1 aromatic carbocycles. The van der Waals surface area contributed by atoms with Gasteiger partial charge in [0.2, 0.25) is 0 Å². The fraction of sp³-hybridized carbons (Fsp3) is 0.300. The van der Waals surface area contributed by atoms with Gasteiger partial charge >= 0.3 is 0 Å². The first-order valence-corrected chi connectivity index (χ1v) is 9.14. The molecule has 1 N–H and O–H groups in total. The zero-order chi connectivity index (χ0) is 18.5. The first-order valence-electron chi connectivity index (χ1n) is 9.14. The fourth-order valence-corrected chi connectivity index (χ4v) is 3.80. The minimum Gasteiger partial charge on any atom is -0.507 e. The Morgan fingerprint density at radius 2 is 1.85 bits per heavy atom. The van der Waals surface area contributed by atoms with E-state index >= 15 is 0 Å². The highest BCUT2D eigenvalue weighted by atomic mass is 16.3. The number of hydrogen-bond acceptors (Lipinski definition) is 6. The third-order valence-electron chi connectivity index (χ3n) is 5.25. The second-order valence-electron chi connectivity index (χ2n) is 7.13. The standard InChI is InChI=1S/C20H20N6O/c1-12-17-14(11-25(2)24-17)8-16(18(12)27)20-21-9-13-7-15(10-22-19(13)23-20)26-5-3-4-6-26/h7-11,27H,3-6H2,1-2H3. The normalized spacial score (nSPS) is 14.5. The lowest BCUT2D eigenvalue weighted by Gasteiger charge is -2.17. The highest BCUT2D eigenvalue weighted by molar-refractivity contribution is 5.90. The van der Waals surface area contributed by atoms with Crippen LogP contribution in [0.3, 0.4) is 0 Å². The molecule has 0 aliphatic carbocycles. The molecule has 5 rings (SSSR count). The second-order valence-corrected chi connectivity index (χ2v) is 7.13. The minimum absolute atomic E-state index is 0.161. The lowest BCUT2D eigenvalue weighted by Crippen LogP contribution is -2.17. The second kappa shape index (κ2) is 5.90. The molecule has 0 spiro atoms. The third-order valence-corrected chi connectivity index (χ3v) is 5.25. The summed E-state index contributed by atoms with van der Waals surface area (Å²) >= 11 is 0. The molecule has 1 saturated heterocycles. The average molecular weight is 360 g/mol. The summed E-state index contributed by atoms with van der Waals surface area (Å²) in [7, 11) is 1.87. The van der Waals surface area contributed by atoms with E-state index in [4.69, 9.17) is 0 Å². The molecule has 3 aromatic heterocycles. The Morgan fingerprint density at radius 3 is 2.67 bits per heavy atom. The van der Waals surface area contributed by atoms with Gasteiger partial charge in [0.1, 0.15) is 5.75 Å². The van der Waals surface area contributed by atoms with Crippen molar-refractivity contribution >= 4 is 27.6 Å². The molecule has 136 valence electrons. The molecule has 0 amide bonds. The summed E-state index contributed by atoms with van der Waals surface area (Å²) < 4.78 is 1.74. The van der Waals surface area contributed by atoms with E-state index < -0.39 is 0 Å². The summed E-state index contributed by atoms with van der Waals surface area (Å²) in [5, 5.41) is 16.9. The number of pyridine rings is 1. The number of aromatic nitrogens is 5. The Labute approximate surface area is 156 Å². The van der Waals surface area contributed by atoms with Crippen LogP contribution in [-0.4, -0.2) is 42.9 Å². The molecule has 7 heteroatoms. The van der Waals surface area contributed by atoms with E-state index in [-0.39, 0.29) is 5.75 Å². The van der Waals surface area contributed by atoms with Crippen molar-refractivity contribution in [3.05, 3.63) is 36.3 Å². The Hall–Kier alpha value is -3.22. The largest absolute Gasteiger partial charge is 0.507 e. The van der Waals surface area contributed by atoms with Gasteiger partial charge in [0, 0.05) is 48.9 Å². The Morgan fingerprint density at radius 1 is 1.04 bits per heavy atom. The van der Waals surface area contributed by atoms with Crippen molar-refractivity contribution in [2.45, 2.75) is 19.8 Å². The van der Waals surface area contributed by atoms with E-state index in [1.807, 2.05) is 32.4 Å². The summed E-state index contributed by atoms with van der Waals surface area (Å²) in [6, 6.07) is 3.97.